The number of fused-ring (bicyclic) bond motifs is 1. The molecular weight excluding hydrogens is 341 g/mol. The molecule has 0 saturated heterocycles. The van der Waals surface area contributed by atoms with Gasteiger partial charge in [-0.1, -0.05) is 10.2 Å². The summed E-state index contributed by atoms with van der Waals surface area (Å²) in [6.45, 7) is 1.87. The standard InChI is InChI=1S/C16H12FN7O2/c1-9-6-7-24-12(8-9)19-13(14(24)17)15(25)18-10-2-4-11(5-3-10)26-16-20-22-23-21-16/h2-8H,1H3,(H,18,25)(H,20,21,22,23). The molecule has 3 heterocycles. The summed E-state index contributed by atoms with van der Waals surface area (Å²) < 4.78 is 20.9. The SMILES string of the molecule is Cc1ccn2c(F)c(C(=O)Nc3ccc(Oc4nn[nH]n4)cc3)nc2c1. The first-order valence-corrected chi connectivity index (χ1v) is 7.57. The van der Waals surface area contributed by atoms with Gasteiger partial charge in [-0.3, -0.25) is 9.20 Å². The minimum absolute atomic E-state index is 0.0730. The summed E-state index contributed by atoms with van der Waals surface area (Å²) in [7, 11) is 0. The molecule has 10 heteroatoms. The predicted molar refractivity (Wildman–Crippen MR) is 88.5 cm³/mol. The second-order valence-corrected chi connectivity index (χ2v) is 5.46. The highest BCUT2D eigenvalue weighted by Gasteiger charge is 2.19. The molecule has 0 bridgehead atoms. The van der Waals surface area contributed by atoms with Gasteiger partial charge in [0.1, 0.15) is 11.4 Å². The van der Waals surface area contributed by atoms with Crippen molar-refractivity contribution in [1.29, 1.82) is 0 Å². The average Bonchev–Trinajstić information content (AvgIpc) is 3.24. The van der Waals surface area contributed by atoms with Gasteiger partial charge in [-0.15, -0.1) is 0 Å². The van der Waals surface area contributed by atoms with Crippen molar-refractivity contribution >= 4 is 17.2 Å². The molecule has 9 nitrogen and oxygen atoms in total. The van der Waals surface area contributed by atoms with E-state index in [1.165, 1.54) is 10.6 Å². The lowest BCUT2D eigenvalue weighted by Crippen LogP contribution is -2.14. The molecule has 3 aromatic heterocycles. The number of carbonyl (C=O) groups excluding carboxylic acids is 1. The quantitative estimate of drug-likeness (QED) is 0.583. The van der Waals surface area contributed by atoms with Crippen LogP contribution in [-0.4, -0.2) is 35.9 Å². The van der Waals surface area contributed by atoms with Crippen molar-refractivity contribution < 1.29 is 13.9 Å². The third kappa shape index (κ3) is 2.95. The number of imidazole rings is 1. The number of anilines is 1. The van der Waals surface area contributed by atoms with Crippen LogP contribution in [0.2, 0.25) is 0 Å². The van der Waals surface area contributed by atoms with E-state index in [0.717, 1.165) is 5.56 Å². The molecule has 26 heavy (non-hydrogen) atoms. The summed E-state index contributed by atoms with van der Waals surface area (Å²) >= 11 is 0. The summed E-state index contributed by atoms with van der Waals surface area (Å²) in [5.41, 5.74) is 1.48. The maximum atomic E-state index is 14.4. The molecule has 4 rings (SSSR count). The first-order chi connectivity index (χ1) is 12.6. The molecule has 0 unspecified atom stereocenters. The van der Waals surface area contributed by atoms with Gasteiger partial charge in [0.15, 0.2) is 5.69 Å². The van der Waals surface area contributed by atoms with E-state index in [9.17, 15) is 9.18 Å². The number of rotatable bonds is 4. The monoisotopic (exact) mass is 353 g/mol. The van der Waals surface area contributed by atoms with E-state index in [4.69, 9.17) is 4.74 Å². The highest BCUT2D eigenvalue weighted by molar-refractivity contribution is 6.03. The molecule has 0 spiro atoms. The molecule has 130 valence electrons. The molecule has 1 aromatic carbocycles. The Kier molecular flexibility index (Phi) is 3.77. The van der Waals surface area contributed by atoms with Crippen molar-refractivity contribution in [2.45, 2.75) is 6.92 Å². The van der Waals surface area contributed by atoms with Gasteiger partial charge >= 0.3 is 6.01 Å². The lowest BCUT2D eigenvalue weighted by Gasteiger charge is -2.05. The Labute approximate surface area is 145 Å². The van der Waals surface area contributed by atoms with Crippen LogP contribution in [0.5, 0.6) is 11.8 Å². The minimum Gasteiger partial charge on any atom is -0.422 e. The third-order valence-corrected chi connectivity index (χ3v) is 3.59. The number of tetrazole rings is 1. The number of hydrogen-bond acceptors (Lipinski definition) is 6. The van der Waals surface area contributed by atoms with Gasteiger partial charge in [-0.25, -0.2) is 4.98 Å². The number of H-pyrrole nitrogens is 1. The first-order valence-electron chi connectivity index (χ1n) is 7.57. The summed E-state index contributed by atoms with van der Waals surface area (Å²) in [6, 6.07) is 9.93. The number of carbonyl (C=O) groups is 1. The van der Waals surface area contributed by atoms with Crippen LogP contribution in [0.4, 0.5) is 10.1 Å². The largest absolute Gasteiger partial charge is 0.422 e. The van der Waals surface area contributed by atoms with Crippen LogP contribution in [0, 0.1) is 12.9 Å². The van der Waals surface area contributed by atoms with Crippen molar-refractivity contribution in [2.24, 2.45) is 0 Å². The van der Waals surface area contributed by atoms with E-state index in [1.807, 2.05) is 6.92 Å². The number of halogens is 1. The highest BCUT2D eigenvalue weighted by atomic mass is 19.1. The van der Waals surface area contributed by atoms with Gasteiger partial charge in [0.2, 0.25) is 5.95 Å². The Hall–Kier alpha value is -3.82. The number of ether oxygens (including phenoxy) is 1. The van der Waals surface area contributed by atoms with Gasteiger partial charge in [0.25, 0.3) is 5.91 Å². The number of nitrogens with zero attached hydrogens (tertiary/aromatic N) is 5. The van der Waals surface area contributed by atoms with Crippen LogP contribution < -0.4 is 10.1 Å². The fraction of sp³-hybridized carbons (Fsp3) is 0.0625. The number of nitrogens with one attached hydrogen (secondary N) is 2. The molecule has 2 N–H and O–H groups in total. The van der Waals surface area contributed by atoms with Crippen LogP contribution in [0.15, 0.2) is 42.6 Å². The average molecular weight is 353 g/mol. The molecule has 0 radical (unpaired) electrons. The minimum atomic E-state index is -0.713. The number of benzene rings is 1. The fourth-order valence-corrected chi connectivity index (χ4v) is 2.36. The summed E-state index contributed by atoms with van der Waals surface area (Å²) in [5.74, 6) is -0.899. The Bertz CT molecular complexity index is 1070. The maximum Gasteiger partial charge on any atom is 0.361 e. The number of hydrogen-bond donors (Lipinski definition) is 2. The normalized spacial score (nSPS) is 10.8. The Morgan fingerprint density at radius 1 is 1.27 bits per heavy atom. The van der Waals surface area contributed by atoms with Gasteiger partial charge in [0, 0.05) is 11.9 Å². The van der Waals surface area contributed by atoms with Crippen molar-refractivity contribution in [3.8, 4) is 11.8 Å². The van der Waals surface area contributed by atoms with Crippen molar-refractivity contribution in [2.75, 3.05) is 5.32 Å². The Morgan fingerprint density at radius 3 is 2.81 bits per heavy atom. The predicted octanol–water partition coefficient (Wildman–Crippen LogP) is 2.34. The number of aromatic amines is 1. The molecule has 1 amide bonds. The Balaban J connectivity index is 1.52. The molecule has 0 saturated carbocycles. The van der Waals surface area contributed by atoms with E-state index < -0.39 is 11.9 Å². The fourth-order valence-electron chi connectivity index (χ4n) is 2.36. The van der Waals surface area contributed by atoms with E-state index in [2.05, 4.69) is 30.9 Å². The molecule has 4 aromatic rings. The van der Waals surface area contributed by atoms with Crippen LogP contribution in [0.1, 0.15) is 16.1 Å². The zero-order chi connectivity index (χ0) is 18.1. The zero-order valence-electron chi connectivity index (χ0n) is 13.5. The van der Waals surface area contributed by atoms with Crippen LogP contribution in [0.3, 0.4) is 0 Å². The molecule has 0 aliphatic carbocycles. The van der Waals surface area contributed by atoms with Crippen LogP contribution in [0.25, 0.3) is 5.65 Å². The van der Waals surface area contributed by atoms with Crippen molar-refractivity contribution in [1.82, 2.24) is 30.0 Å². The topological polar surface area (TPSA) is 110 Å². The van der Waals surface area contributed by atoms with E-state index in [-0.39, 0.29) is 11.7 Å². The van der Waals surface area contributed by atoms with Crippen molar-refractivity contribution in [3.63, 3.8) is 0 Å². The van der Waals surface area contributed by atoms with Crippen molar-refractivity contribution in [3.05, 3.63) is 59.8 Å². The van der Waals surface area contributed by atoms with E-state index in [0.29, 0.717) is 17.1 Å². The second-order valence-electron chi connectivity index (χ2n) is 5.46. The third-order valence-electron chi connectivity index (χ3n) is 3.59. The van der Waals surface area contributed by atoms with Gasteiger partial charge in [0.05, 0.1) is 0 Å². The Morgan fingerprint density at radius 2 is 2.08 bits per heavy atom. The van der Waals surface area contributed by atoms with Gasteiger partial charge in [-0.2, -0.15) is 9.60 Å². The number of pyridine rings is 1. The molecular formula is C16H12FN7O2. The zero-order valence-corrected chi connectivity index (χ0v) is 13.5. The number of amides is 1. The molecule has 0 aliphatic heterocycles. The summed E-state index contributed by atoms with van der Waals surface area (Å²) in [6.07, 6.45) is 1.54. The van der Waals surface area contributed by atoms with Gasteiger partial charge < -0.3 is 10.1 Å². The first kappa shape index (κ1) is 15.7. The summed E-state index contributed by atoms with van der Waals surface area (Å²) in [5, 5.41) is 15.6. The summed E-state index contributed by atoms with van der Waals surface area (Å²) in [4.78, 5) is 16.4. The molecule has 0 atom stereocenters. The van der Waals surface area contributed by atoms with E-state index >= 15 is 0 Å². The maximum absolute atomic E-state index is 14.4. The molecule has 0 aliphatic rings. The lowest BCUT2D eigenvalue weighted by atomic mass is 10.3. The lowest BCUT2D eigenvalue weighted by molar-refractivity contribution is 0.101. The number of aromatic nitrogens is 6. The highest BCUT2D eigenvalue weighted by Crippen LogP contribution is 2.20. The van der Waals surface area contributed by atoms with Gasteiger partial charge in [-0.05, 0) is 54.1 Å². The van der Waals surface area contributed by atoms with Crippen LogP contribution >= 0.6 is 0 Å². The van der Waals surface area contributed by atoms with Crippen LogP contribution in [-0.2, 0) is 0 Å². The number of aryl methyl sites for hydroxylation is 1. The van der Waals surface area contributed by atoms with E-state index in [1.54, 1.807) is 36.4 Å². The molecule has 0 fully saturated rings. The second kappa shape index (κ2) is 6.24. The smallest absolute Gasteiger partial charge is 0.361 e.